The van der Waals surface area contributed by atoms with E-state index in [4.69, 9.17) is 14.9 Å². The smallest absolute Gasteiger partial charge is 0.288 e. The van der Waals surface area contributed by atoms with Crippen LogP contribution in [0.3, 0.4) is 0 Å². The second-order valence-corrected chi connectivity index (χ2v) is 5.64. The van der Waals surface area contributed by atoms with Crippen molar-refractivity contribution in [3.8, 4) is 5.75 Å². The summed E-state index contributed by atoms with van der Waals surface area (Å²) in [4.78, 5) is 24.4. The molecular formula is C19H18N2O4. The van der Waals surface area contributed by atoms with Crippen LogP contribution in [0.4, 0.5) is 0 Å². The van der Waals surface area contributed by atoms with E-state index in [1.807, 2.05) is 6.07 Å². The normalized spacial score (nSPS) is 11.9. The molecule has 0 saturated carbocycles. The summed E-state index contributed by atoms with van der Waals surface area (Å²) >= 11 is 0. The molecule has 2 amide bonds. The van der Waals surface area contributed by atoms with Gasteiger partial charge in [-0.05, 0) is 30.7 Å². The first-order valence-corrected chi connectivity index (χ1v) is 7.73. The Hall–Kier alpha value is -3.28. The molecule has 1 unspecified atom stereocenters. The number of fused-ring (bicyclic) bond motifs is 1. The van der Waals surface area contributed by atoms with Gasteiger partial charge in [-0.25, -0.2) is 0 Å². The molecule has 1 atom stereocenters. The number of rotatable bonds is 5. The number of hydrogen-bond acceptors (Lipinski definition) is 4. The van der Waals surface area contributed by atoms with Gasteiger partial charge in [-0.15, -0.1) is 0 Å². The minimum atomic E-state index is -0.934. The fraction of sp³-hybridized carbons (Fsp3) is 0.158. The van der Waals surface area contributed by atoms with Gasteiger partial charge in [0.15, 0.2) is 5.76 Å². The van der Waals surface area contributed by atoms with Gasteiger partial charge in [0.1, 0.15) is 17.4 Å². The number of nitrogens with two attached hydrogens (primary N) is 1. The van der Waals surface area contributed by atoms with E-state index in [0.29, 0.717) is 22.5 Å². The molecule has 2 aromatic carbocycles. The predicted molar refractivity (Wildman–Crippen MR) is 93.3 cm³/mol. The summed E-state index contributed by atoms with van der Waals surface area (Å²) in [7, 11) is 1.57. The number of hydrogen-bond donors (Lipinski definition) is 2. The second-order valence-electron chi connectivity index (χ2n) is 5.64. The molecule has 1 aromatic heterocycles. The number of aryl methyl sites for hydroxylation is 1. The van der Waals surface area contributed by atoms with E-state index >= 15 is 0 Å². The average molecular weight is 338 g/mol. The molecule has 25 heavy (non-hydrogen) atoms. The van der Waals surface area contributed by atoms with Crippen molar-refractivity contribution in [3.05, 3.63) is 65.4 Å². The molecule has 3 rings (SSSR count). The number of carbonyl (C=O) groups excluding carboxylic acids is 2. The first-order chi connectivity index (χ1) is 12.0. The van der Waals surface area contributed by atoms with Gasteiger partial charge in [-0.1, -0.05) is 30.3 Å². The molecule has 128 valence electrons. The Labute approximate surface area is 144 Å². The molecule has 0 saturated heterocycles. The van der Waals surface area contributed by atoms with Gasteiger partial charge in [0.05, 0.1) is 7.11 Å². The minimum Gasteiger partial charge on any atom is -0.497 e. The molecule has 0 aliphatic carbocycles. The molecule has 0 radical (unpaired) electrons. The van der Waals surface area contributed by atoms with Crippen LogP contribution in [-0.4, -0.2) is 18.9 Å². The number of nitrogens with one attached hydrogen (secondary N) is 1. The third-order valence-corrected chi connectivity index (χ3v) is 4.04. The lowest BCUT2D eigenvalue weighted by molar-refractivity contribution is -0.120. The Morgan fingerprint density at radius 3 is 2.52 bits per heavy atom. The summed E-state index contributed by atoms with van der Waals surface area (Å²) < 4.78 is 10.9. The van der Waals surface area contributed by atoms with Crippen LogP contribution in [-0.2, 0) is 4.79 Å². The summed E-state index contributed by atoms with van der Waals surface area (Å²) in [5.41, 5.74) is 7.29. The van der Waals surface area contributed by atoms with Gasteiger partial charge >= 0.3 is 0 Å². The average Bonchev–Trinajstić information content (AvgIpc) is 2.96. The molecule has 1 heterocycles. The molecule has 0 spiro atoms. The summed E-state index contributed by atoms with van der Waals surface area (Å²) in [6.07, 6.45) is 0. The molecule has 6 heteroatoms. The van der Waals surface area contributed by atoms with Crippen molar-refractivity contribution in [2.75, 3.05) is 7.11 Å². The van der Waals surface area contributed by atoms with Crippen LogP contribution in [0.15, 0.2) is 52.9 Å². The van der Waals surface area contributed by atoms with Crippen LogP contribution in [0.2, 0.25) is 0 Å². The van der Waals surface area contributed by atoms with E-state index in [-0.39, 0.29) is 5.76 Å². The van der Waals surface area contributed by atoms with Crippen molar-refractivity contribution >= 4 is 22.8 Å². The number of ether oxygens (including phenoxy) is 1. The van der Waals surface area contributed by atoms with Gasteiger partial charge in [0, 0.05) is 10.9 Å². The van der Waals surface area contributed by atoms with E-state index in [0.717, 1.165) is 5.39 Å². The Morgan fingerprint density at radius 2 is 1.88 bits per heavy atom. The van der Waals surface area contributed by atoms with E-state index in [1.54, 1.807) is 56.5 Å². The van der Waals surface area contributed by atoms with E-state index < -0.39 is 17.9 Å². The Morgan fingerprint density at radius 1 is 1.16 bits per heavy atom. The molecule has 0 bridgehead atoms. The van der Waals surface area contributed by atoms with Crippen LogP contribution in [0.1, 0.15) is 27.7 Å². The first kappa shape index (κ1) is 16.6. The standard InChI is InChI=1S/C19H18N2O4/c1-11-14-10-13(24-2)8-9-15(14)25-17(11)19(23)21-16(18(20)22)12-6-4-3-5-7-12/h3-10,16H,1-2H3,(H2,20,22)(H,21,23). The Kier molecular flexibility index (Phi) is 4.43. The SMILES string of the molecule is COc1ccc2oc(C(=O)NC(C(N)=O)c3ccccc3)c(C)c2c1. The number of carbonyl (C=O) groups is 2. The van der Waals surface area contributed by atoms with Gasteiger partial charge < -0.3 is 20.2 Å². The van der Waals surface area contributed by atoms with Crippen molar-refractivity contribution in [1.82, 2.24) is 5.32 Å². The van der Waals surface area contributed by atoms with Crippen LogP contribution in [0.5, 0.6) is 5.75 Å². The lowest BCUT2D eigenvalue weighted by Crippen LogP contribution is -2.37. The van der Waals surface area contributed by atoms with Gasteiger partial charge in [0.2, 0.25) is 5.91 Å². The summed E-state index contributed by atoms with van der Waals surface area (Å²) in [6.45, 7) is 1.78. The van der Waals surface area contributed by atoms with Crippen molar-refractivity contribution in [2.45, 2.75) is 13.0 Å². The molecule has 0 aliphatic heterocycles. The molecular weight excluding hydrogens is 320 g/mol. The van der Waals surface area contributed by atoms with E-state index in [9.17, 15) is 9.59 Å². The summed E-state index contributed by atoms with van der Waals surface area (Å²) in [6, 6.07) is 13.2. The quantitative estimate of drug-likeness (QED) is 0.748. The molecule has 0 fully saturated rings. The van der Waals surface area contributed by atoms with E-state index in [2.05, 4.69) is 5.32 Å². The molecule has 0 aliphatic rings. The number of benzene rings is 2. The summed E-state index contributed by atoms with van der Waals surface area (Å²) in [5, 5.41) is 3.42. The molecule has 6 nitrogen and oxygen atoms in total. The number of amides is 2. The fourth-order valence-electron chi connectivity index (χ4n) is 2.70. The van der Waals surface area contributed by atoms with Gasteiger partial charge in [0.25, 0.3) is 5.91 Å². The van der Waals surface area contributed by atoms with Crippen molar-refractivity contribution in [1.29, 1.82) is 0 Å². The highest BCUT2D eigenvalue weighted by Gasteiger charge is 2.24. The number of methoxy groups -OCH3 is 1. The first-order valence-electron chi connectivity index (χ1n) is 7.73. The largest absolute Gasteiger partial charge is 0.497 e. The predicted octanol–water partition coefficient (Wildman–Crippen LogP) is 2.71. The minimum absolute atomic E-state index is 0.144. The maximum absolute atomic E-state index is 12.6. The van der Waals surface area contributed by atoms with E-state index in [1.165, 1.54) is 0 Å². The monoisotopic (exact) mass is 338 g/mol. The third kappa shape index (κ3) is 3.19. The Balaban J connectivity index is 1.93. The maximum Gasteiger partial charge on any atom is 0.288 e. The maximum atomic E-state index is 12.6. The van der Waals surface area contributed by atoms with Crippen molar-refractivity contribution < 1.29 is 18.7 Å². The van der Waals surface area contributed by atoms with Gasteiger partial charge in [-0.2, -0.15) is 0 Å². The topological polar surface area (TPSA) is 94.6 Å². The zero-order valence-electron chi connectivity index (χ0n) is 13.9. The van der Waals surface area contributed by atoms with Crippen LogP contribution in [0, 0.1) is 6.92 Å². The zero-order chi connectivity index (χ0) is 18.0. The third-order valence-electron chi connectivity index (χ3n) is 4.04. The Bertz CT molecular complexity index is 931. The zero-order valence-corrected chi connectivity index (χ0v) is 13.9. The fourth-order valence-corrected chi connectivity index (χ4v) is 2.70. The van der Waals surface area contributed by atoms with Gasteiger partial charge in [-0.3, -0.25) is 9.59 Å². The van der Waals surface area contributed by atoms with Crippen molar-refractivity contribution in [2.24, 2.45) is 5.73 Å². The highest BCUT2D eigenvalue weighted by atomic mass is 16.5. The van der Waals surface area contributed by atoms with Crippen molar-refractivity contribution in [3.63, 3.8) is 0 Å². The lowest BCUT2D eigenvalue weighted by Gasteiger charge is -2.15. The van der Waals surface area contributed by atoms with Crippen LogP contribution < -0.4 is 15.8 Å². The molecule has 3 N–H and O–H groups in total. The highest BCUT2D eigenvalue weighted by Crippen LogP contribution is 2.29. The second kappa shape index (κ2) is 6.68. The highest BCUT2D eigenvalue weighted by molar-refractivity contribution is 6.01. The van der Waals surface area contributed by atoms with Crippen LogP contribution >= 0.6 is 0 Å². The summed E-state index contributed by atoms with van der Waals surface area (Å²) in [5.74, 6) is -0.330. The lowest BCUT2D eigenvalue weighted by atomic mass is 10.1. The number of furan rings is 1. The van der Waals surface area contributed by atoms with Crippen LogP contribution in [0.25, 0.3) is 11.0 Å². The number of primary amides is 1. The molecule has 3 aromatic rings.